The third kappa shape index (κ3) is 5.85. The molecular formula is C17H12BrF3N6O4. The van der Waals surface area contributed by atoms with Crippen LogP contribution >= 0.6 is 15.9 Å². The highest BCUT2D eigenvalue weighted by Gasteiger charge is 2.33. The SMILES string of the molecule is Nc1cc(-c2ccccc2C(F)(F)F)ncc1[N+](=O)[O-].Nc1cc(Br)ncc1[N+](=O)[O-]. The van der Waals surface area contributed by atoms with Crippen molar-refractivity contribution in [3.05, 3.63) is 79.2 Å². The van der Waals surface area contributed by atoms with E-state index in [1.54, 1.807) is 0 Å². The van der Waals surface area contributed by atoms with Gasteiger partial charge in [-0.3, -0.25) is 20.2 Å². The maximum absolute atomic E-state index is 12.9. The third-order valence-corrected chi connectivity index (χ3v) is 4.13. The van der Waals surface area contributed by atoms with Gasteiger partial charge in [0.15, 0.2) is 0 Å². The normalized spacial score (nSPS) is 10.7. The van der Waals surface area contributed by atoms with Crippen molar-refractivity contribution in [2.75, 3.05) is 11.5 Å². The lowest BCUT2D eigenvalue weighted by Gasteiger charge is -2.12. The number of alkyl halides is 3. The van der Waals surface area contributed by atoms with Crippen molar-refractivity contribution in [3.8, 4) is 11.3 Å². The summed E-state index contributed by atoms with van der Waals surface area (Å²) < 4.78 is 39.1. The minimum Gasteiger partial charge on any atom is -0.393 e. The number of rotatable bonds is 3. The van der Waals surface area contributed by atoms with E-state index >= 15 is 0 Å². The summed E-state index contributed by atoms with van der Waals surface area (Å²) in [5, 5.41) is 20.8. The summed E-state index contributed by atoms with van der Waals surface area (Å²) in [6.07, 6.45) is -2.59. The highest BCUT2D eigenvalue weighted by Crippen LogP contribution is 2.37. The van der Waals surface area contributed by atoms with Gasteiger partial charge in [0, 0.05) is 11.6 Å². The molecule has 0 unspecified atom stereocenters. The summed E-state index contributed by atoms with van der Waals surface area (Å²) in [7, 11) is 0. The van der Waals surface area contributed by atoms with Gasteiger partial charge in [-0.25, -0.2) is 9.97 Å². The molecule has 10 nitrogen and oxygen atoms in total. The predicted molar refractivity (Wildman–Crippen MR) is 109 cm³/mol. The Morgan fingerprint density at radius 2 is 1.42 bits per heavy atom. The minimum atomic E-state index is -4.55. The van der Waals surface area contributed by atoms with Crippen LogP contribution in [-0.2, 0) is 6.18 Å². The van der Waals surface area contributed by atoms with Crippen molar-refractivity contribution in [2.45, 2.75) is 6.18 Å². The summed E-state index contributed by atoms with van der Waals surface area (Å²) in [5.41, 5.74) is 8.89. The molecule has 0 saturated carbocycles. The van der Waals surface area contributed by atoms with E-state index in [4.69, 9.17) is 11.5 Å². The van der Waals surface area contributed by atoms with Crippen molar-refractivity contribution in [1.29, 1.82) is 0 Å². The van der Waals surface area contributed by atoms with Gasteiger partial charge in [-0.1, -0.05) is 18.2 Å². The first kappa shape index (κ1) is 23.5. The van der Waals surface area contributed by atoms with Gasteiger partial charge in [0.25, 0.3) is 0 Å². The van der Waals surface area contributed by atoms with Gasteiger partial charge in [0.05, 0.1) is 21.1 Å². The van der Waals surface area contributed by atoms with E-state index in [1.807, 2.05) is 0 Å². The fourth-order valence-corrected chi connectivity index (χ4v) is 2.66. The second-order valence-electron chi connectivity index (χ2n) is 5.75. The second kappa shape index (κ2) is 9.34. The number of hydrogen-bond donors (Lipinski definition) is 2. The fraction of sp³-hybridized carbons (Fsp3) is 0.0588. The monoisotopic (exact) mass is 500 g/mol. The van der Waals surface area contributed by atoms with Crippen LogP contribution in [0.5, 0.6) is 0 Å². The molecule has 0 atom stereocenters. The number of nitrogens with zero attached hydrogens (tertiary/aromatic N) is 4. The van der Waals surface area contributed by atoms with Gasteiger partial charge < -0.3 is 11.5 Å². The van der Waals surface area contributed by atoms with E-state index in [2.05, 4.69) is 25.9 Å². The van der Waals surface area contributed by atoms with Crippen molar-refractivity contribution in [3.63, 3.8) is 0 Å². The number of aromatic nitrogens is 2. The average Bonchev–Trinajstić information content (AvgIpc) is 2.67. The minimum absolute atomic E-state index is 0.0685. The van der Waals surface area contributed by atoms with E-state index in [1.165, 1.54) is 24.3 Å². The zero-order chi connectivity index (χ0) is 23.3. The highest BCUT2D eigenvalue weighted by molar-refractivity contribution is 9.10. The molecule has 2 heterocycles. The molecule has 14 heteroatoms. The maximum atomic E-state index is 12.9. The van der Waals surface area contributed by atoms with E-state index in [-0.39, 0.29) is 28.3 Å². The molecule has 0 aliphatic rings. The molecule has 0 radical (unpaired) electrons. The lowest BCUT2D eigenvalue weighted by molar-refractivity contribution is -0.384. The molecule has 0 fully saturated rings. The Hall–Kier alpha value is -3.81. The number of nitrogen functional groups attached to an aromatic ring is 2. The van der Waals surface area contributed by atoms with E-state index < -0.39 is 27.3 Å². The number of nitrogens with two attached hydrogens (primary N) is 2. The summed E-state index contributed by atoms with van der Waals surface area (Å²) >= 11 is 3.03. The molecule has 3 aromatic rings. The quantitative estimate of drug-likeness (QED) is 0.299. The highest BCUT2D eigenvalue weighted by atomic mass is 79.9. The number of hydrogen-bond acceptors (Lipinski definition) is 8. The molecule has 162 valence electrons. The molecule has 0 amide bonds. The third-order valence-electron chi connectivity index (χ3n) is 3.70. The van der Waals surface area contributed by atoms with Crippen molar-refractivity contribution in [2.24, 2.45) is 0 Å². The number of pyridine rings is 2. The van der Waals surface area contributed by atoms with Crippen LogP contribution in [-0.4, -0.2) is 19.8 Å². The molecule has 0 bridgehead atoms. The van der Waals surface area contributed by atoms with Crippen LogP contribution < -0.4 is 11.5 Å². The summed E-state index contributed by atoms with van der Waals surface area (Å²) in [5.74, 6) is 0. The van der Waals surface area contributed by atoms with Crippen LogP contribution in [0.3, 0.4) is 0 Å². The number of halogens is 4. The topological polar surface area (TPSA) is 164 Å². The van der Waals surface area contributed by atoms with Crippen LogP contribution in [0, 0.1) is 20.2 Å². The lowest BCUT2D eigenvalue weighted by Crippen LogP contribution is -2.07. The maximum Gasteiger partial charge on any atom is 0.417 e. The standard InChI is InChI=1S/C12H8F3N3O2.C5H4BrN3O2/c13-12(14,15)8-4-2-1-3-7(8)10-5-9(16)11(6-17-10)18(19)20;6-5-1-3(7)4(2-8-5)9(10)11/h1-6H,(H2,16,17);1-2H,(H2,7,8). The molecule has 31 heavy (non-hydrogen) atoms. The van der Waals surface area contributed by atoms with Gasteiger partial charge in [-0.05, 0) is 28.1 Å². The molecule has 0 saturated heterocycles. The van der Waals surface area contributed by atoms with Crippen LogP contribution in [0.25, 0.3) is 11.3 Å². The lowest BCUT2D eigenvalue weighted by atomic mass is 10.0. The second-order valence-corrected chi connectivity index (χ2v) is 6.56. The Bertz CT molecular complexity index is 1140. The molecular weight excluding hydrogens is 489 g/mol. The summed E-state index contributed by atoms with van der Waals surface area (Å²) in [6, 6.07) is 7.26. The van der Waals surface area contributed by atoms with E-state index in [0.717, 1.165) is 24.5 Å². The molecule has 2 aromatic heterocycles. The van der Waals surface area contributed by atoms with Crippen molar-refractivity contribution < 1.29 is 23.0 Å². The Kier molecular flexibility index (Phi) is 7.07. The Morgan fingerprint density at radius 3 is 1.90 bits per heavy atom. The molecule has 4 N–H and O–H groups in total. The van der Waals surface area contributed by atoms with Crippen molar-refractivity contribution >= 4 is 38.7 Å². The van der Waals surface area contributed by atoms with Crippen LogP contribution in [0.4, 0.5) is 35.9 Å². The molecule has 0 aliphatic heterocycles. The summed E-state index contributed by atoms with van der Waals surface area (Å²) in [4.78, 5) is 26.8. The van der Waals surface area contributed by atoms with E-state index in [0.29, 0.717) is 4.60 Å². The molecule has 0 aliphatic carbocycles. The van der Waals surface area contributed by atoms with Gasteiger partial charge in [-0.2, -0.15) is 13.2 Å². The predicted octanol–water partition coefficient (Wildman–Crippen LogP) is 4.59. The molecule has 3 rings (SSSR count). The zero-order valence-corrected chi connectivity index (χ0v) is 16.8. The fourth-order valence-electron chi connectivity index (χ4n) is 2.31. The largest absolute Gasteiger partial charge is 0.417 e. The Balaban J connectivity index is 0.000000262. The Morgan fingerprint density at radius 1 is 0.903 bits per heavy atom. The van der Waals surface area contributed by atoms with Gasteiger partial charge >= 0.3 is 17.6 Å². The Labute approximate surface area is 180 Å². The number of anilines is 2. The van der Waals surface area contributed by atoms with E-state index in [9.17, 15) is 33.4 Å². The molecule has 1 aromatic carbocycles. The van der Waals surface area contributed by atoms with Gasteiger partial charge in [0.2, 0.25) is 0 Å². The summed E-state index contributed by atoms with van der Waals surface area (Å²) in [6.45, 7) is 0. The van der Waals surface area contributed by atoms with Crippen LogP contribution in [0.15, 0.2) is 53.4 Å². The average molecular weight is 501 g/mol. The van der Waals surface area contributed by atoms with Crippen LogP contribution in [0.2, 0.25) is 0 Å². The van der Waals surface area contributed by atoms with Gasteiger partial charge in [0.1, 0.15) is 28.4 Å². The first-order chi connectivity index (χ1) is 14.4. The number of nitro groups is 2. The first-order valence-corrected chi connectivity index (χ1v) is 8.83. The van der Waals surface area contributed by atoms with Gasteiger partial charge in [-0.15, -0.1) is 0 Å². The smallest absolute Gasteiger partial charge is 0.393 e. The van der Waals surface area contributed by atoms with Crippen molar-refractivity contribution in [1.82, 2.24) is 9.97 Å². The number of benzene rings is 1. The first-order valence-electron chi connectivity index (χ1n) is 8.03. The molecule has 0 spiro atoms. The zero-order valence-electron chi connectivity index (χ0n) is 15.2. The van der Waals surface area contributed by atoms with Crippen LogP contribution in [0.1, 0.15) is 5.56 Å².